The number of rotatable bonds is 7. The van der Waals surface area contributed by atoms with E-state index in [0.29, 0.717) is 31.0 Å². The lowest BCUT2D eigenvalue weighted by Gasteiger charge is -2.10. The van der Waals surface area contributed by atoms with Crippen molar-refractivity contribution in [1.82, 2.24) is 14.9 Å². The van der Waals surface area contributed by atoms with Gasteiger partial charge >= 0.3 is 0 Å². The number of nitrogens with zero attached hydrogens (tertiary/aromatic N) is 2. The number of carbonyl (C=O) groups is 1. The molecule has 0 saturated carbocycles. The van der Waals surface area contributed by atoms with Crippen LogP contribution in [0.25, 0.3) is 11.0 Å². The summed E-state index contributed by atoms with van der Waals surface area (Å²) in [6.07, 6.45) is 0. The number of nitrogens with one attached hydrogen (secondary N) is 1. The Morgan fingerprint density at radius 3 is 2.80 bits per heavy atom. The molecule has 130 valence electrons. The highest BCUT2D eigenvalue weighted by atomic mass is 16.5. The number of amides is 1. The zero-order valence-corrected chi connectivity index (χ0v) is 14.4. The van der Waals surface area contributed by atoms with Gasteiger partial charge < -0.3 is 19.4 Å². The number of fused-ring (bicyclic) bond motifs is 1. The van der Waals surface area contributed by atoms with Gasteiger partial charge in [-0.15, -0.1) is 0 Å². The fourth-order valence-electron chi connectivity index (χ4n) is 2.72. The van der Waals surface area contributed by atoms with E-state index in [2.05, 4.69) is 14.9 Å². The Kier molecular flexibility index (Phi) is 5.30. The Hall–Kier alpha value is -2.86. The third-order valence-corrected chi connectivity index (χ3v) is 3.99. The molecule has 0 spiro atoms. The molecule has 0 aliphatic heterocycles. The average molecular weight is 339 g/mol. The highest BCUT2D eigenvalue weighted by Gasteiger charge is 2.12. The molecule has 6 heteroatoms. The summed E-state index contributed by atoms with van der Waals surface area (Å²) >= 11 is 0. The van der Waals surface area contributed by atoms with Crippen LogP contribution in [0.1, 0.15) is 16.2 Å². The number of hydrogen-bond acceptors (Lipinski definition) is 4. The number of methoxy groups -OCH3 is 2. The van der Waals surface area contributed by atoms with Crippen molar-refractivity contribution >= 4 is 16.9 Å². The maximum absolute atomic E-state index is 12.4. The minimum Gasteiger partial charge on any atom is -0.497 e. The number of hydrogen-bond donors (Lipinski definition) is 1. The number of ether oxygens (including phenoxy) is 2. The Morgan fingerprint density at radius 2 is 2.00 bits per heavy atom. The molecule has 1 N–H and O–H groups in total. The van der Waals surface area contributed by atoms with Gasteiger partial charge in [-0.3, -0.25) is 4.79 Å². The van der Waals surface area contributed by atoms with Gasteiger partial charge in [0.25, 0.3) is 5.91 Å². The van der Waals surface area contributed by atoms with Gasteiger partial charge in [0.05, 0.1) is 31.3 Å². The van der Waals surface area contributed by atoms with E-state index in [9.17, 15) is 4.79 Å². The summed E-state index contributed by atoms with van der Waals surface area (Å²) in [4.78, 5) is 17.0. The molecule has 25 heavy (non-hydrogen) atoms. The van der Waals surface area contributed by atoms with E-state index < -0.39 is 0 Å². The molecule has 0 atom stereocenters. The molecule has 0 unspecified atom stereocenters. The Bertz CT molecular complexity index is 873. The molecule has 0 saturated heterocycles. The lowest BCUT2D eigenvalue weighted by molar-refractivity contribution is 0.0949. The minimum absolute atomic E-state index is 0.163. The molecule has 3 aromatic rings. The van der Waals surface area contributed by atoms with Gasteiger partial charge in [-0.2, -0.15) is 0 Å². The third kappa shape index (κ3) is 3.80. The number of carbonyl (C=O) groups excluding carboxylic acids is 1. The molecule has 2 aromatic carbocycles. The van der Waals surface area contributed by atoms with Gasteiger partial charge in [0.15, 0.2) is 0 Å². The van der Waals surface area contributed by atoms with E-state index in [4.69, 9.17) is 9.47 Å². The van der Waals surface area contributed by atoms with Crippen LogP contribution in [0.4, 0.5) is 0 Å². The van der Waals surface area contributed by atoms with Gasteiger partial charge in [-0.1, -0.05) is 18.2 Å². The largest absolute Gasteiger partial charge is 0.497 e. The Morgan fingerprint density at radius 1 is 1.16 bits per heavy atom. The third-order valence-electron chi connectivity index (χ3n) is 3.99. The minimum atomic E-state index is -0.163. The second-order valence-electron chi connectivity index (χ2n) is 5.58. The van der Waals surface area contributed by atoms with Crippen LogP contribution in [0.3, 0.4) is 0 Å². The molecule has 0 fully saturated rings. The Balaban J connectivity index is 1.79. The first-order chi connectivity index (χ1) is 12.2. The van der Waals surface area contributed by atoms with Crippen LogP contribution in [0, 0.1) is 0 Å². The predicted molar refractivity (Wildman–Crippen MR) is 95.8 cm³/mol. The van der Waals surface area contributed by atoms with Crippen LogP contribution >= 0.6 is 0 Å². The number of aromatic nitrogens is 2. The van der Waals surface area contributed by atoms with Crippen molar-refractivity contribution in [3.05, 3.63) is 59.9 Å². The monoisotopic (exact) mass is 339 g/mol. The zero-order valence-electron chi connectivity index (χ0n) is 14.4. The van der Waals surface area contributed by atoms with Crippen LogP contribution in [0.2, 0.25) is 0 Å². The topological polar surface area (TPSA) is 65.4 Å². The standard InChI is InChI=1S/C19H21N3O3/c1-24-11-10-22-17-9-4-3-8-16(17)21-18(22)13-20-19(23)14-6-5-7-15(12-14)25-2/h3-9,12H,10-11,13H2,1-2H3,(H,20,23). The van der Waals surface area contributed by atoms with Crippen molar-refractivity contribution in [1.29, 1.82) is 0 Å². The summed E-state index contributed by atoms with van der Waals surface area (Å²) in [7, 11) is 3.25. The Labute approximate surface area is 146 Å². The van der Waals surface area contributed by atoms with Crippen LogP contribution in [0.15, 0.2) is 48.5 Å². The molecular weight excluding hydrogens is 318 g/mol. The quantitative estimate of drug-likeness (QED) is 0.719. The maximum Gasteiger partial charge on any atom is 0.251 e. The fraction of sp³-hybridized carbons (Fsp3) is 0.263. The van der Waals surface area contributed by atoms with E-state index >= 15 is 0 Å². The second-order valence-corrected chi connectivity index (χ2v) is 5.58. The summed E-state index contributed by atoms with van der Waals surface area (Å²) in [6.45, 7) is 1.60. The molecule has 1 heterocycles. The highest BCUT2D eigenvalue weighted by molar-refractivity contribution is 5.94. The van der Waals surface area contributed by atoms with Crippen molar-refractivity contribution in [2.24, 2.45) is 0 Å². The maximum atomic E-state index is 12.4. The zero-order chi connectivity index (χ0) is 17.6. The lowest BCUT2D eigenvalue weighted by atomic mass is 10.2. The number of benzene rings is 2. The first kappa shape index (κ1) is 17.0. The summed E-state index contributed by atoms with van der Waals surface area (Å²) in [5.74, 6) is 1.29. The van der Waals surface area contributed by atoms with Gasteiger partial charge in [0, 0.05) is 19.2 Å². The molecule has 3 rings (SSSR count). The molecule has 1 amide bonds. The number of imidazole rings is 1. The summed E-state index contributed by atoms with van der Waals surface area (Å²) in [5, 5.41) is 2.93. The van der Waals surface area contributed by atoms with Crippen molar-refractivity contribution in [2.45, 2.75) is 13.1 Å². The van der Waals surface area contributed by atoms with Gasteiger partial charge in [0.1, 0.15) is 11.6 Å². The summed E-state index contributed by atoms with van der Waals surface area (Å²) in [6, 6.07) is 15.0. The first-order valence-electron chi connectivity index (χ1n) is 8.08. The predicted octanol–water partition coefficient (Wildman–Crippen LogP) is 2.62. The van der Waals surface area contributed by atoms with E-state index in [-0.39, 0.29) is 5.91 Å². The smallest absolute Gasteiger partial charge is 0.251 e. The van der Waals surface area contributed by atoms with E-state index in [1.165, 1.54) is 0 Å². The molecule has 0 aliphatic rings. The second kappa shape index (κ2) is 7.81. The molecule has 0 radical (unpaired) electrons. The molecule has 6 nitrogen and oxygen atoms in total. The average Bonchev–Trinajstić information content (AvgIpc) is 3.02. The van der Waals surface area contributed by atoms with Crippen LogP contribution < -0.4 is 10.1 Å². The van der Waals surface area contributed by atoms with Crippen molar-refractivity contribution in [2.75, 3.05) is 20.8 Å². The van der Waals surface area contributed by atoms with Crippen molar-refractivity contribution < 1.29 is 14.3 Å². The van der Waals surface area contributed by atoms with Gasteiger partial charge in [-0.25, -0.2) is 4.98 Å². The van der Waals surface area contributed by atoms with Crippen LogP contribution in [-0.2, 0) is 17.8 Å². The lowest BCUT2D eigenvalue weighted by Crippen LogP contribution is -2.25. The van der Waals surface area contributed by atoms with Gasteiger partial charge in [0.2, 0.25) is 0 Å². The SMILES string of the molecule is COCCn1c(CNC(=O)c2cccc(OC)c2)nc2ccccc21. The van der Waals surface area contributed by atoms with Crippen LogP contribution in [0.5, 0.6) is 5.75 Å². The van der Waals surface area contributed by atoms with E-state index in [1.54, 1.807) is 38.5 Å². The fourth-order valence-corrected chi connectivity index (χ4v) is 2.72. The highest BCUT2D eigenvalue weighted by Crippen LogP contribution is 2.16. The molecule has 1 aromatic heterocycles. The van der Waals surface area contributed by atoms with Gasteiger partial charge in [-0.05, 0) is 30.3 Å². The molecular formula is C19H21N3O3. The van der Waals surface area contributed by atoms with Crippen LogP contribution in [-0.4, -0.2) is 36.3 Å². The van der Waals surface area contributed by atoms with E-state index in [1.807, 2.05) is 24.3 Å². The first-order valence-corrected chi connectivity index (χ1v) is 8.08. The molecule has 0 aliphatic carbocycles. The summed E-state index contributed by atoms with van der Waals surface area (Å²) < 4.78 is 12.4. The number of para-hydroxylation sites is 2. The normalized spacial score (nSPS) is 10.8. The summed E-state index contributed by atoms with van der Waals surface area (Å²) in [5.41, 5.74) is 2.49. The molecule has 0 bridgehead atoms. The van der Waals surface area contributed by atoms with Crippen molar-refractivity contribution in [3.63, 3.8) is 0 Å². The van der Waals surface area contributed by atoms with E-state index in [0.717, 1.165) is 16.9 Å². The van der Waals surface area contributed by atoms with Crippen molar-refractivity contribution in [3.8, 4) is 5.75 Å².